The Bertz CT molecular complexity index is 781. The van der Waals surface area contributed by atoms with Gasteiger partial charge in [0.2, 0.25) is 0 Å². The lowest BCUT2D eigenvalue weighted by molar-refractivity contribution is 0.731. The van der Waals surface area contributed by atoms with Gasteiger partial charge in [0.05, 0.1) is 11.4 Å². The van der Waals surface area contributed by atoms with Gasteiger partial charge < -0.3 is 10.6 Å². The number of rotatable bonds is 3. The molecule has 0 saturated heterocycles. The minimum Gasteiger partial charge on any atom is -0.399 e. The Kier molecular flexibility index (Phi) is 3.51. The summed E-state index contributed by atoms with van der Waals surface area (Å²) in [5.74, 6) is 0.958. The fraction of sp³-hybridized carbons (Fsp3) is 0.250. The van der Waals surface area contributed by atoms with Gasteiger partial charge in [0, 0.05) is 17.6 Å². The van der Waals surface area contributed by atoms with Crippen molar-refractivity contribution < 1.29 is 0 Å². The van der Waals surface area contributed by atoms with Gasteiger partial charge in [0.1, 0.15) is 17.0 Å². The average molecular weight is 298 g/mol. The number of fused-ring (bicyclic) bond motifs is 1. The number of nitrogens with zero attached hydrogens (tertiary/aromatic N) is 3. The summed E-state index contributed by atoms with van der Waals surface area (Å²) < 4.78 is 0. The molecule has 1 atom stereocenters. The van der Waals surface area contributed by atoms with E-state index in [-0.39, 0.29) is 6.04 Å². The van der Waals surface area contributed by atoms with Gasteiger partial charge in [-0.15, -0.1) is 11.3 Å². The second-order valence-electron chi connectivity index (χ2n) is 5.23. The van der Waals surface area contributed by atoms with Gasteiger partial charge in [-0.05, 0) is 37.6 Å². The molecule has 0 aliphatic heterocycles. The topological polar surface area (TPSA) is 55.0 Å². The Morgan fingerprint density at radius 2 is 2.05 bits per heavy atom. The number of nitrogen functional groups attached to an aromatic ring is 1. The first-order chi connectivity index (χ1) is 10.1. The number of aryl methyl sites for hydroxylation is 1. The van der Waals surface area contributed by atoms with Crippen LogP contribution in [0.15, 0.2) is 36.7 Å². The molecular formula is C16H18N4S. The van der Waals surface area contributed by atoms with Crippen molar-refractivity contribution in [2.45, 2.75) is 19.9 Å². The average Bonchev–Trinajstić information content (AvgIpc) is 2.85. The predicted octanol–water partition coefficient (Wildman–Crippen LogP) is 3.78. The van der Waals surface area contributed by atoms with Gasteiger partial charge in [-0.25, -0.2) is 9.97 Å². The van der Waals surface area contributed by atoms with Crippen molar-refractivity contribution in [1.29, 1.82) is 0 Å². The SMILES string of the molecule is Cc1cc2c(N(C)C(C)c3cccc(N)c3)ncnc2s1. The van der Waals surface area contributed by atoms with Crippen molar-refractivity contribution >= 4 is 33.1 Å². The van der Waals surface area contributed by atoms with Crippen molar-refractivity contribution in [3.63, 3.8) is 0 Å². The number of aromatic nitrogens is 2. The van der Waals surface area contributed by atoms with E-state index in [1.165, 1.54) is 10.4 Å². The van der Waals surface area contributed by atoms with E-state index in [1.54, 1.807) is 17.7 Å². The lowest BCUT2D eigenvalue weighted by Crippen LogP contribution is -2.23. The Balaban J connectivity index is 2.01. The van der Waals surface area contributed by atoms with Crippen molar-refractivity contribution in [2.24, 2.45) is 0 Å². The molecule has 0 aliphatic rings. The van der Waals surface area contributed by atoms with Gasteiger partial charge in [-0.2, -0.15) is 0 Å². The van der Waals surface area contributed by atoms with Crippen molar-refractivity contribution in [3.05, 3.63) is 47.1 Å². The van der Waals surface area contributed by atoms with Crippen LogP contribution in [0.2, 0.25) is 0 Å². The molecule has 0 amide bonds. The van der Waals surface area contributed by atoms with E-state index in [2.05, 4.69) is 47.9 Å². The fourth-order valence-corrected chi connectivity index (χ4v) is 3.31. The third-order valence-electron chi connectivity index (χ3n) is 3.74. The number of nitrogens with two attached hydrogens (primary N) is 1. The van der Waals surface area contributed by atoms with Crippen LogP contribution in [0.25, 0.3) is 10.2 Å². The van der Waals surface area contributed by atoms with Gasteiger partial charge in [0.25, 0.3) is 0 Å². The minimum atomic E-state index is 0.187. The molecule has 3 rings (SSSR count). The lowest BCUT2D eigenvalue weighted by atomic mass is 10.1. The smallest absolute Gasteiger partial charge is 0.141 e. The Morgan fingerprint density at radius 3 is 2.81 bits per heavy atom. The molecule has 1 unspecified atom stereocenters. The lowest BCUT2D eigenvalue weighted by Gasteiger charge is -2.27. The quantitative estimate of drug-likeness (QED) is 0.748. The van der Waals surface area contributed by atoms with E-state index in [0.717, 1.165) is 21.7 Å². The van der Waals surface area contributed by atoms with Crippen LogP contribution in [-0.4, -0.2) is 17.0 Å². The highest BCUT2D eigenvalue weighted by atomic mass is 32.1. The molecule has 0 bridgehead atoms. The molecule has 2 aromatic heterocycles. The van der Waals surface area contributed by atoms with Crippen LogP contribution in [0, 0.1) is 6.92 Å². The van der Waals surface area contributed by atoms with Crippen LogP contribution in [0.4, 0.5) is 11.5 Å². The maximum Gasteiger partial charge on any atom is 0.141 e. The monoisotopic (exact) mass is 298 g/mol. The Hall–Kier alpha value is -2.14. The van der Waals surface area contributed by atoms with Crippen LogP contribution < -0.4 is 10.6 Å². The summed E-state index contributed by atoms with van der Waals surface area (Å²) in [6, 6.07) is 10.3. The highest BCUT2D eigenvalue weighted by Gasteiger charge is 2.17. The summed E-state index contributed by atoms with van der Waals surface area (Å²) >= 11 is 1.70. The minimum absolute atomic E-state index is 0.187. The predicted molar refractivity (Wildman–Crippen MR) is 89.8 cm³/mol. The van der Waals surface area contributed by atoms with Crippen molar-refractivity contribution in [3.8, 4) is 0 Å². The van der Waals surface area contributed by atoms with E-state index >= 15 is 0 Å². The van der Waals surface area contributed by atoms with E-state index in [0.29, 0.717) is 0 Å². The van der Waals surface area contributed by atoms with Crippen LogP contribution in [-0.2, 0) is 0 Å². The molecule has 5 heteroatoms. The highest BCUT2D eigenvalue weighted by Crippen LogP contribution is 2.33. The molecule has 0 saturated carbocycles. The maximum absolute atomic E-state index is 5.89. The van der Waals surface area contributed by atoms with Gasteiger partial charge in [0.15, 0.2) is 0 Å². The van der Waals surface area contributed by atoms with Crippen molar-refractivity contribution in [1.82, 2.24) is 9.97 Å². The molecule has 4 nitrogen and oxygen atoms in total. The molecule has 108 valence electrons. The summed E-state index contributed by atoms with van der Waals surface area (Å²) in [5, 5.41) is 1.11. The zero-order valence-corrected chi connectivity index (χ0v) is 13.2. The van der Waals surface area contributed by atoms with E-state index in [4.69, 9.17) is 5.73 Å². The summed E-state index contributed by atoms with van der Waals surface area (Å²) in [6.07, 6.45) is 1.64. The first-order valence-electron chi connectivity index (χ1n) is 6.85. The zero-order chi connectivity index (χ0) is 15.0. The van der Waals surface area contributed by atoms with Crippen LogP contribution >= 0.6 is 11.3 Å². The van der Waals surface area contributed by atoms with Gasteiger partial charge >= 0.3 is 0 Å². The number of hydrogen-bond acceptors (Lipinski definition) is 5. The Morgan fingerprint density at radius 1 is 1.24 bits per heavy atom. The summed E-state index contributed by atoms with van der Waals surface area (Å²) in [5.41, 5.74) is 7.85. The standard InChI is InChI=1S/C16H18N4S/c1-10-7-14-15(18-9-19-16(14)21-10)20(3)11(2)12-5-4-6-13(17)8-12/h4-9,11H,17H2,1-3H3. The molecule has 21 heavy (non-hydrogen) atoms. The molecule has 2 N–H and O–H groups in total. The van der Waals surface area contributed by atoms with E-state index in [9.17, 15) is 0 Å². The second kappa shape index (κ2) is 5.33. The molecule has 3 aromatic rings. The maximum atomic E-state index is 5.89. The fourth-order valence-electron chi connectivity index (χ4n) is 2.47. The van der Waals surface area contributed by atoms with Crippen LogP contribution in [0.1, 0.15) is 23.4 Å². The first kappa shape index (κ1) is 13.8. The van der Waals surface area contributed by atoms with Crippen LogP contribution in [0.3, 0.4) is 0 Å². The van der Waals surface area contributed by atoms with E-state index < -0.39 is 0 Å². The van der Waals surface area contributed by atoms with Gasteiger partial charge in [-0.1, -0.05) is 12.1 Å². The number of benzene rings is 1. The molecule has 0 aliphatic carbocycles. The first-order valence-corrected chi connectivity index (χ1v) is 7.67. The Labute approximate surface area is 128 Å². The largest absolute Gasteiger partial charge is 0.399 e. The van der Waals surface area contributed by atoms with Crippen molar-refractivity contribution in [2.75, 3.05) is 17.7 Å². The molecule has 0 radical (unpaired) electrons. The number of thiophene rings is 1. The summed E-state index contributed by atoms with van der Waals surface area (Å²) in [7, 11) is 2.06. The molecule has 2 heterocycles. The van der Waals surface area contributed by atoms with E-state index in [1.807, 2.05) is 18.2 Å². The second-order valence-corrected chi connectivity index (χ2v) is 6.46. The summed E-state index contributed by atoms with van der Waals surface area (Å²) in [6.45, 7) is 4.25. The number of anilines is 2. The highest BCUT2D eigenvalue weighted by molar-refractivity contribution is 7.18. The third-order valence-corrected chi connectivity index (χ3v) is 4.70. The molecule has 1 aromatic carbocycles. The molecule has 0 fully saturated rings. The molecule has 0 spiro atoms. The molecular weight excluding hydrogens is 280 g/mol. The van der Waals surface area contributed by atoms with Gasteiger partial charge in [-0.3, -0.25) is 0 Å². The zero-order valence-electron chi connectivity index (χ0n) is 12.4. The third kappa shape index (κ3) is 2.56. The summed E-state index contributed by atoms with van der Waals surface area (Å²) in [4.78, 5) is 13.3. The van der Waals surface area contributed by atoms with Crippen LogP contribution in [0.5, 0.6) is 0 Å². The number of hydrogen-bond donors (Lipinski definition) is 1. The normalized spacial score (nSPS) is 12.5.